The number of piperidine rings is 1. The van der Waals surface area contributed by atoms with Crippen molar-refractivity contribution in [2.24, 2.45) is 5.92 Å². The third-order valence-electron chi connectivity index (χ3n) is 6.02. The molecule has 116 valence electrons. The highest BCUT2D eigenvalue weighted by Crippen LogP contribution is 2.31. The third-order valence-corrected chi connectivity index (χ3v) is 6.02. The van der Waals surface area contributed by atoms with Gasteiger partial charge in [-0.05, 0) is 57.5 Å². The molecule has 1 N–H and O–H groups in total. The summed E-state index contributed by atoms with van der Waals surface area (Å²) in [5.41, 5.74) is 0. The largest absolute Gasteiger partial charge is 0.311 e. The van der Waals surface area contributed by atoms with E-state index in [-0.39, 0.29) is 0 Å². The van der Waals surface area contributed by atoms with Crippen LogP contribution in [-0.4, -0.2) is 36.1 Å². The van der Waals surface area contributed by atoms with Crippen LogP contribution in [0, 0.1) is 5.92 Å². The molecule has 20 heavy (non-hydrogen) atoms. The second-order valence-corrected chi connectivity index (χ2v) is 7.59. The maximum absolute atomic E-state index is 3.80. The van der Waals surface area contributed by atoms with Gasteiger partial charge in [0.15, 0.2) is 0 Å². The Hall–Kier alpha value is -0.0800. The van der Waals surface area contributed by atoms with Crippen molar-refractivity contribution in [2.75, 3.05) is 13.1 Å². The molecule has 0 aromatic rings. The van der Waals surface area contributed by atoms with E-state index in [1.54, 1.807) is 0 Å². The highest BCUT2D eigenvalue weighted by Gasteiger charge is 2.35. The zero-order valence-electron chi connectivity index (χ0n) is 13.4. The molecule has 2 nitrogen and oxygen atoms in total. The molecule has 0 aromatic heterocycles. The van der Waals surface area contributed by atoms with E-state index in [0.29, 0.717) is 0 Å². The maximum atomic E-state index is 3.80. The van der Waals surface area contributed by atoms with Crippen LogP contribution in [-0.2, 0) is 0 Å². The van der Waals surface area contributed by atoms with Gasteiger partial charge in [-0.2, -0.15) is 0 Å². The van der Waals surface area contributed by atoms with Gasteiger partial charge in [-0.3, -0.25) is 0 Å². The molecule has 1 saturated carbocycles. The van der Waals surface area contributed by atoms with Gasteiger partial charge < -0.3 is 10.2 Å². The molecule has 0 spiro atoms. The predicted molar refractivity (Wildman–Crippen MR) is 86.0 cm³/mol. The van der Waals surface area contributed by atoms with Crippen LogP contribution in [0.25, 0.3) is 0 Å². The van der Waals surface area contributed by atoms with Crippen molar-refractivity contribution in [1.82, 2.24) is 10.2 Å². The van der Waals surface area contributed by atoms with E-state index in [1.807, 2.05) is 0 Å². The fourth-order valence-corrected chi connectivity index (χ4v) is 4.91. The normalized spacial score (nSPS) is 34.8. The Morgan fingerprint density at radius 2 is 1.60 bits per heavy atom. The molecule has 3 rings (SSSR count). The zero-order chi connectivity index (χ0) is 13.8. The van der Waals surface area contributed by atoms with Crippen molar-refractivity contribution in [3.05, 3.63) is 0 Å². The van der Waals surface area contributed by atoms with Gasteiger partial charge in [-0.1, -0.05) is 39.0 Å². The van der Waals surface area contributed by atoms with Gasteiger partial charge >= 0.3 is 0 Å². The molecule has 2 saturated heterocycles. The van der Waals surface area contributed by atoms with Gasteiger partial charge in [-0.25, -0.2) is 0 Å². The Bertz CT molecular complexity index is 273. The second kappa shape index (κ2) is 7.26. The van der Waals surface area contributed by atoms with E-state index in [9.17, 15) is 0 Å². The lowest BCUT2D eigenvalue weighted by Gasteiger charge is -2.38. The fourth-order valence-electron chi connectivity index (χ4n) is 4.91. The van der Waals surface area contributed by atoms with Gasteiger partial charge in [0, 0.05) is 18.1 Å². The van der Waals surface area contributed by atoms with E-state index in [1.165, 1.54) is 83.7 Å². The quantitative estimate of drug-likeness (QED) is 0.791. The Balaban J connectivity index is 1.49. The lowest BCUT2D eigenvalue weighted by molar-refractivity contribution is 0.128. The lowest BCUT2D eigenvalue weighted by atomic mass is 9.86. The molecule has 0 amide bonds. The van der Waals surface area contributed by atoms with Crippen LogP contribution in [0.1, 0.15) is 77.6 Å². The minimum Gasteiger partial charge on any atom is -0.311 e. The molecule has 2 bridgehead atoms. The molecule has 3 aliphatic rings. The van der Waals surface area contributed by atoms with Crippen LogP contribution >= 0.6 is 0 Å². The van der Waals surface area contributed by atoms with Crippen molar-refractivity contribution in [1.29, 1.82) is 0 Å². The number of rotatable bonds is 6. The summed E-state index contributed by atoms with van der Waals surface area (Å²) in [6.07, 6.45) is 16.0. The summed E-state index contributed by atoms with van der Waals surface area (Å²) in [6, 6.07) is 2.57. The van der Waals surface area contributed by atoms with Crippen molar-refractivity contribution in [3.8, 4) is 0 Å². The maximum Gasteiger partial charge on any atom is 0.0125 e. The average molecular weight is 278 g/mol. The topological polar surface area (TPSA) is 15.3 Å². The van der Waals surface area contributed by atoms with Crippen LogP contribution < -0.4 is 5.32 Å². The molecule has 0 radical (unpaired) electrons. The first-order valence-electron chi connectivity index (χ1n) is 9.35. The number of hydrogen-bond acceptors (Lipinski definition) is 2. The van der Waals surface area contributed by atoms with E-state index >= 15 is 0 Å². The van der Waals surface area contributed by atoms with Gasteiger partial charge in [-0.15, -0.1) is 0 Å². The van der Waals surface area contributed by atoms with Crippen molar-refractivity contribution >= 4 is 0 Å². The molecule has 1 aliphatic carbocycles. The molecule has 3 fully saturated rings. The van der Waals surface area contributed by atoms with Crippen molar-refractivity contribution in [2.45, 2.75) is 95.7 Å². The highest BCUT2D eigenvalue weighted by atomic mass is 15.2. The van der Waals surface area contributed by atoms with Crippen LogP contribution in [0.2, 0.25) is 0 Å². The standard InChI is InChI=1S/C18H34N2/c1-2-11-20(12-10-15-6-4-3-5-7-15)18-13-16-8-9-17(14-18)19-16/h15-19H,2-14H2,1H3. The van der Waals surface area contributed by atoms with Crippen LogP contribution in [0.5, 0.6) is 0 Å². The van der Waals surface area contributed by atoms with Crippen LogP contribution in [0.3, 0.4) is 0 Å². The Kier molecular flexibility index (Phi) is 5.39. The number of nitrogens with one attached hydrogen (secondary N) is 1. The molecule has 2 heterocycles. The molecule has 2 heteroatoms. The highest BCUT2D eigenvalue weighted by molar-refractivity contribution is 4.95. The third kappa shape index (κ3) is 3.76. The summed E-state index contributed by atoms with van der Waals surface area (Å²) in [7, 11) is 0. The molecule has 2 aliphatic heterocycles. The average Bonchev–Trinajstić information content (AvgIpc) is 2.83. The van der Waals surface area contributed by atoms with Crippen LogP contribution in [0.4, 0.5) is 0 Å². The van der Waals surface area contributed by atoms with E-state index < -0.39 is 0 Å². The van der Waals surface area contributed by atoms with Gasteiger partial charge in [0.1, 0.15) is 0 Å². The number of nitrogens with zero attached hydrogens (tertiary/aromatic N) is 1. The van der Waals surface area contributed by atoms with Crippen molar-refractivity contribution in [3.63, 3.8) is 0 Å². The Morgan fingerprint density at radius 3 is 2.25 bits per heavy atom. The van der Waals surface area contributed by atoms with E-state index in [2.05, 4.69) is 17.1 Å². The number of hydrogen-bond donors (Lipinski definition) is 1. The minimum absolute atomic E-state index is 0.841. The summed E-state index contributed by atoms with van der Waals surface area (Å²) in [6.45, 7) is 5.06. The first-order chi connectivity index (χ1) is 9.85. The van der Waals surface area contributed by atoms with Gasteiger partial charge in [0.05, 0.1) is 0 Å². The smallest absolute Gasteiger partial charge is 0.0125 e. The summed E-state index contributed by atoms with van der Waals surface area (Å²) in [4.78, 5) is 2.86. The first-order valence-corrected chi connectivity index (χ1v) is 9.35. The first kappa shape index (κ1) is 14.8. The monoisotopic (exact) mass is 278 g/mol. The SMILES string of the molecule is CCCN(CCC1CCCCC1)C1CC2CCC(C1)N2. The molecule has 2 atom stereocenters. The van der Waals surface area contributed by atoms with Crippen LogP contribution in [0.15, 0.2) is 0 Å². The summed E-state index contributed by atoms with van der Waals surface area (Å²) < 4.78 is 0. The van der Waals surface area contributed by atoms with Crippen molar-refractivity contribution < 1.29 is 0 Å². The predicted octanol–water partition coefficient (Wildman–Crippen LogP) is 3.95. The summed E-state index contributed by atoms with van der Waals surface area (Å²) in [5, 5.41) is 3.80. The molecule has 0 aromatic carbocycles. The lowest BCUT2D eigenvalue weighted by Crippen LogP contribution is -2.48. The fraction of sp³-hybridized carbons (Fsp3) is 1.00. The summed E-state index contributed by atoms with van der Waals surface area (Å²) in [5.74, 6) is 1.04. The van der Waals surface area contributed by atoms with Gasteiger partial charge in [0.2, 0.25) is 0 Å². The second-order valence-electron chi connectivity index (χ2n) is 7.59. The Labute approximate surface area is 125 Å². The number of fused-ring (bicyclic) bond motifs is 2. The van der Waals surface area contributed by atoms with E-state index in [4.69, 9.17) is 0 Å². The molecule has 2 unspecified atom stereocenters. The Morgan fingerprint density at radius 1 is 0.900 bits per heavy atom. The minimum atomic E-state index is 0.841. The molecular formula is C18H34N2. The molecular weight excluding hydrogens is 244 g/mol. The zero-order valence-corrected chi connectivity index (χ0v) is 13.4. The van der Waals surface area contributed by atoms with E-state index in [0.717, 1.165) is 24.0 Å². The van der Waals surface area contributed by atoms with Gasteiger partial charge in [0.25, 0.3) is 0 Å². The summed E-state index contributed by atoms with van der Waals surface area (Å²) >= 11 is 0.